The lowest BCUT2D eigenvalue weighted by atomic mass is 9.97. The normalized spacial score (nSPS) is 16.3. The maximum absolute atomic E-state index is 13.6. The number of aliphatic hydroxyl groups is 1. The summed E-state index contributed by atoms with van der Waals surface area (Å²) in [5.41, 5.74) is -1.61. The van der Waals surface area contributed by atoms with Gasteiger partial charge in [0.1, 0.15) is 12.1 Å². The molecule has 254 valence electrons. The van der Waals surface area contributed by atoms with Crippen LogP contribution < -0.4 is 16.0 Å². The fourth-order valence-corrected chi connectivity index (χ4v) is 5.46. The van der Waals surface area contributed by atoms with Gasteiger partial charge < -0.3 is 35.4 Å². The lowest BCUT2D eigenvalue weighted by Gasteiger charge is -2.39. The van der Waals surface area contributed by atoms with Gasteiger partial charge in [0.15, 0.2) is 11.5 Å². The topological polar surface area (TPSA) is 150 Å². The second-order valence-electron chi connectivity index (χ2n) is 11.5. The van der Waals surface area contributed by atoms with Crippen LogP contribution in [0.1, 0.15) is 39.2 Å². The van der Waals surface area contributed by atoms with E-state index in [-0.39, 0.29) is 30.0 Å². The Morgan fingerprint density at radius 3 is 2.38 bits per heavy atom. The minimum absolute atomic E-state index is 0.135. The van der Waals surface area contributed by atoms with E-state index in [4.69, 9.17) is 0 Å². The minimum Gasteiger partial charge on any atom is -0.385 e. The van der Waals surface area contributed by atoms with E-state index >= 15 is 0 Å². The number of carbonyl (C=O) groups is 3. The van der Waals surface area contributed by atoms with E-state index in [2.05, 4.69) is 26.0 Å². The number of imidazole rings is 1. The van der Waals surface area contributed by atoms with E-state index in [0.29, 0.717) is 67.2 Å². The number of nitrogens with zero attached hydrogens (tertiary/aromatic N) is 6. The first-order valence-electron chi connectivity index (χ1n) is 14.8. The average molecular weight is 668 g/mol. The van der Waals surface area contributed by atoms with Crippen LogP contribution in [0, 0.1) is 0 Å². The SMILES string of the molecule is CCc1cc(NC(=O)c2ncc(-c3cn(CC(F)F)nc3C(F)(F)F)n2C)ccc1C(=O)N1CCN(C(=O)NCC2(O)CNC2)CC1. The van der Waals surface area contributed by atoms with Gasteiger partial charge >= 0.3 is 12.2 Å². The number of benzene rings is 1. The lowest BCUT2D eigenvalue weighted by Crippen LogP contribution is -2.65. The van der Waals surface area contributed by atoms with Crippen LogP contribution in [0.3, 0.4) is 0 Å². The number of anilines is 1. The van der Waals surface area contributed by atoms with Gasteiger partial charge in [-0.3, -0.25) is 14.3 Å². The predicted molar refractivity (Wildman–Crippen MR) is 158 cm³/mol. The molecule has 3 aromatic rings. The number of rotatable bonds is 9. The van der Waals surface area contributed by atoms with Crippen molar-refractivity contribution < 1.29 is 41.4 Å². The summed E-state index contributed by atoms with van der Waals surface area (Å²) in [6, 6.07) is 4.40. The Labute approximate surface area is 265 Å². The number of carbonyl (C=O) groups excluding carboxylic acids is 3. The number of nitrogens with one attached hydrogen (secondary N) is 3. The van der Waals surface area contributed by atoms with Crippen molar-refractivity contribution in [3.63, 3.8) is 0 Å². The third-order valence-electron chi connectivity index (χ3n) is 8.13. The number of alkyl halides is 5. The zero-order valence-electron chi connectivity index (χ0n) is 25.6. The molecule has 0 radical (unpaired) electrons. The number of piperazine rings is 1. The molecular weight excluding hydrogens is 633 g/mol. The van der Waals surface area contributed by atoms with E-state index in [1.54, 1.807) is 21.9 Å². The van der Waals surface area contributed by atoms with Crippen LogP contribution in [-0.4, -0.2) is 110 Å². The van der Waals surface area contributed by atoms with Crippen LogP contribution >= 0.6 is 0 Å². The Morgan fingerprint density at radius 1 is 1.11 bits per heavy atom. The molecule has 0 unspecified atom stereocenters. The molecule has 2 aliphatic heterocycles. The lowest BCUT2D eigenvalue weighted by molar-refractivity contribution is -0.141. The highest BCUT2D eigenvalue weighted by molar-refractivity contribution is 6.03. The number of β-amino-alcohol motifs (C(OH)–C–C–N with tert-alkyl or cyclic N) is 1. The van der Waals surface area contributed by atoms with Crippen molar-refractivity contribution in [1.82, 2.24) is 39.8 Å². The average Bonchev–Trinajstić information content (AvgIpc) is 3.61. The highest BCUT2D eigenvalue weighted by atomic mass is 19.4. The smallest absolute Gasteiger partial charge is 0.385 e. The summed E-state index contributed by atoms with van der Waals surface area (Å²) in [7, 11) is 1.32. The zero-order valence-corrected chi connectivity index (χ0v) is 25.6. The summed E-state index contributed by atoms with van der Waals surface area (Å²) < 4.78 is 68.2. The summed E-state index contributed by atoms with van der Waals surface area (Å²) >= 11 is 0. The molecule has 2 aliphatic rings. The maximum Gasteiger partial charge on any atom is 0.435 e. The number of urea groups is 1. The molecule has 0 bridgehead atoms. The third kappa shape index (κ3) is 7.38. The molecule has 47 heavy (non-hydrogen) atoms. The van der Waals surface area contributed by atoms with Crippen LogP contribution in [0.5, 0.6) is 0 Å². The standard InChI is InChI=1S/C29H34F5N9O4/c1-3-17-10-18(4-5-19(17)26(45)41-6-8-42(9-7-41)27(46)37-16-28(47)14-35-15-28)38-25(44)24-36-11-21(40(24)2)20-12-43(13-22(30)31)39-23(20)29(32,33)34/h4-5,10-12,22,35,47H,3,6-9,13-16H2,1-2H3,(H,37,46)(H,38,44). The molecule has 1 aromatic carbocycles. The Morgan fingerprint density at radius 2 is 1.79 bits per heavy atom. The van der Waals surface area contributed by atoms with E-state index in [0.717, 1.165) is 17.0 Å². The van der Waals surface area contributed by atoms with Crippen molar-refractivity contribution in [3.05, 3.63) is 53.2 Å². The highest BCUT2D eigenvalue weighted by Crippen LogP contribution is 2.36. The summed E-state index contributed by atoms with van der Waals surface area (Å²) in [6.07, 6.45) is -5.55. The molecule has 5 rings (SSSR count). The molecule has 2 fully saturated rings. The number of halogens is 5. The van der Waals surface area contributed by atoms with Crippen LogP contribution in [0.4, 0.5) is 32.4 Å². The van der Waals surface area contributed by atoms with Crippen LogP contribution in [0.25, 0.3) is 11.3 Å². The quantitative estimate of drug-likeness (QED) is 0.256. The van der Waals surface area contributed by atoms with Crippen molar-refractivity contribution in [2.45, 2.75) is 38.1 Å². The molecule has 0 atom stereocenters. The fourth-order valence-electron chi connectivity index (χ4n) is 5.46. The molecule has 0 spiro atoms. The van der Waals surface area contributed by atoms with Gasteiger partial charge in [0, 0.05) is 63.8 Å². The van der Waals surface area contributed by atoms with Gasteiger partial charge in [-0.2, -0.15) is 18.3 Å². The number of hydrogen-bond acceptors (Lipinski definition) is 7. The second kappa shape index (κ2) is 13.3. The summed E-state index contributed by atoms with van der Waals surface area (Å²) in [6.45, 7) is 2.99. The van der Waals surface area contributed by atoms with E-state index in [1.165, 1.54) is 13.1 Å². The van der Waals surface area contributed by atoms with Crippen molar-refractivity contribution >= 4 is 23.5 Å². The summed E-state index contributed by atoms with van der Waals surface area (Å²) in [4.78, 5) is 46.2. The first kappa shape index (κ1) is 33.8. The van der Waals surface area contributed by atoms with Crippen LogP contribution in [-0.2, 0) is 26.2 Å². The van der Waals surface area contributed by atoms with Crippen LogP contribution in [0.2, 0.25) is 0 Å². The molecule has 0 aliphatic carbocycles. The largest absolute Gasteiger partial charge is 0.435 e. The second-order valence-corrected chi connectivity index (χ2v) is 11.5. The van der Waals surface area contributed by atoms with Gasteiger partial charge in [0.25, 0.3) is 18.2 Å². The molecule has 18 heteroatoms. The number of aryl methyl sites for hydroxylation is 1. The van der Waals surface area contributed by atoms with Crippen molar-refractivity contribution in [2.75, 3.05) is 51.1 Å². The molecule has 0 saturated carbocycles. The first-order valence-corrected chi connectivity index (χ1v) is 14.8. The van der Waals surface area contributed by atoms with Gasteiger partial charge in [0.05, 0.1) is 24.0 Å². The predicted octanol–water partition coefficient (Wildman–Crippen LogP) is 2.18. The molecule has 2 aromatic heterocycles. The van der Waals surface area contributed by atoms with Gasteiger partial charge in [-0.25, -0.2) is 18.6 Å². The fraction of sp³-hybridized carbons (Fsp3) is 0.483. The monoisotopic (exact) mass is 667 g/mol. The van der Waals surface area contributed by atoms with Gasteiger partial charge in [-0.1, -0.05) is 6.92 Å². The molecule has 4 N–H and O–H groups in total. The number of hydrogen-bond donors (Lipinski definition) is 4. The Kier molecular flexibility index (Phi) is 9.53. The molecule has 4 amide bonds. The van der Waals surface area contributed by atoms with Crippen molar-refractivity contribution in [1.29, 1.82) is 0 Å². The molecule has 2 saturated heterocycles. The molecule has 4 heterocycles. The minimum atomic E-state index is -4.94. The van der Waals surface area contributed by atoms with Gasteiger partial charge in [-0.15, -0.1) is 0 Å². The molecule has 13 nitrogen and oxygen atoms in total. The number of aromatic nitrogens is 4. The number of amides is 4. The first-order chi connectivity index (χ1) is 22.2. The van der Waals surface area contributed by atoms with Crippen LogP contribution in [0.15, 0.2) is 30.6 Å². The Bertz CT molecular complexity index is 1640. The van der Waals surface area contributed by atoms with E-state index < -0.39 is 41.9 Å². The summed E-state index contributed by atoms with van der Waals surface area (Å²) in [5, 5.41) is 21.8. The maximum atomic E-state index is 13.6. The zero-order chi connectivity index (χ0) is 34.1. The van der Waals surface area contributed by atoms with Gasteiger partial charge in [0.2, 0.25) is 0 Å². The molecular formula is C29H34F5N9O4. The van der Waals surface area contributed by atoms with Crippen molar-refractivity contribution in [3.8, 4) is 11.3 Å². The highest BCUT2D eigenvalue weighted by Gasteiger charge is 2.39. The Balaban J connectivity index is 1.24. The van der Waals surface area contributed by atoms with Gasteiger partial charge in [-0.05, 0) is 30.2 Å². The van der Waals surface area contributed by atoms with E-state index in [1.807, 2.05) is 6.92 Å². The third-order valence-corrected chi connectivity index (χ3v) is 8.13. The van der Waals surface area contributed by atoms with Crippen molar-refractivity contribution in [2.24, 2.45) is 7.05 Å². The Hall–Kier alpha value is -4.58. The van der Waals surface area contributed by atoms with E-state index in [9.17, 15) is 41.4 Å². The summed E-state index contributed by atoms with van der Waals surface area (Å²) in [5.74, 6) is -1.23.